The second kappa shape index (κ2) is 11.1. The van der Waals surface area contributed by atoms with Gasteiger partial charge in [0, 0.05) is 24.3 Å². The van der Waals surface area contributed by atoms with Crippen molar-refractivity contribution in [1.82, 2.24) is 0 Å². The fourth-order valence-corrected chi connectivity index (χ4v) is 2.55. The molecule has 0 aliphatic carbocycles. The molecule has 23 heavy (non-hydrogen) atoms. The molecule has 0 aromatic heterocycles. The molecule has 1 aromatic rings. The topological polar surface area (TPSA) is 41.5 Å². The van der Waals surface area contributed by atoms with Gasteiger partial charge in [-0.25, -0.2) is 0 Å². The van der Waals surface area contributed by atoms with Gasteiger partial charge in [0.05, 0.1) is 7.11 Å². The molecule has 0 fully saturated rings. The van der Waals surface area contributed by atoms with Gasteiger partial charge in [-0.15, -0.1) is 0 Å². The summed E-state index contributed by atoms with van der Waals surface area (Å²) in [5.41, 5.74) is 1.06. The van der Waals surface area contributed by atoms with Crippen LogP contribution < -0.4 is 10.1 Å². The predicted molar refractivity (Wildman–Crippen MR) is 99.1 cm³/mol. The SMILES string of the molecule is CCCC[C@H](CO)C(/C=C/CC(C)C)Nc1ccc(OC)cc1. The van der Waals surface area contributed by atoms with Crippen LogP contribution in [0.3, 0.4) is 0 Å². The van der Waals surface area contributed by atoms with Gasteiger partial charge in [0.2, 0.25) is 0 Å². The van der Waals surface area contributed by atoms with E-state index in [0.29, 0.717) is 5.92 Å². The molecular formula is C20H33NO2. The van der Waals surface area contributed by atoms with Crippen molar-refractivity contribution in [1.29, 1.82) is 0 Å². The lowest BCUT2D eigenvalue weighted by Crippen LogP contribution is -2.30. The number of anilines is 1. The largest absolute Gasteiger partial charge is 0.497 e. The fraction of sp³-hybridized carbons (Fsp3) is 0.600. The monoisotopic (exact) mass is 319 g/mol. The van der Waals surface area contributed by atoms with Crippen LogP contribution in [-0.4, -0.2) is 24.9 Å². The van der Waals surface area contributed by atoms with Crippen molar-refractivity contribution in [2.24, 2.45) is 11.8 Å². The molecule has 0 radical (unpaired) electrons. The number of hydrogen-bond acceptors (Lipinski definition) is 3. The maximum absolute atomic E-state index is 9.80. The molecule has 0 heterocycles. The van der Waals surface area contributed by atoms with E-state index in [1.807, 2.05) is 24.3 Å². The highest BCUT2D eigenvalue weighted by atomic mass is 16.5. The first-order valence-corrected chi connectivity index (χ1v) is 8.78. The fourth-order valence-electron chi connectivity index (χ4n) is 2.55. The Hall–Kier alpha value is -1.48. The summed E-state index contributed by atoms with van der Waals surface area (Å²) >= 11 is 0. The van der Waals surface area contributed by atoms with Crippen molar-refractivity contribution < 1.29 is 9.84 Å². The second-order valence-electron chi connectivity index (χ2n) is 6.54. The lowest BCUT2D eigenvalue weighted by molar-refractivity contribution is 0.209. The number of unbranched alkanes of at least 4 members (excludes halogenated alkanes) is 1. The van der Waals surface area contributed by atoms with Crippen LogP contribution in [0.4, 0.5) is 5.69 Å². The number of nitrogens with one attached hydrogen (secondary N) is 1. The normalized spacial score (nSPS) is 14.2. The van der Waals surface area contributed by atoms with Gasteiger partial charge in [0.1, 0.15) is 5.75 Å². The highest BCUT2D eigenvalue weighted by molar-refractivity contribution is 5.48. The molecule has 0 saturated heterocycles. The third kappa shape index (κ3) is 7.56. The molecule has 0 aliphatic heterocycles. The van der Waals surface area contributed by atoms with Crippen molar-refractivity contribution in [3.8, 4) is 5.75 Å². The number of methoxy groups -OCH3 is 1. The molecule has 3 nitrogen and oxygen atoms in total. The zero-order valence-corrected chi connectivity index (χ0v) is 15.1. The van der Waals surface area contributed by atoms with Crippen LogP contribution >= 0.6 is 0 Å². The molecule has 0 amide bonds. The van der Waals surface area contributed by atoms with Crippen molar-refractivity contribution >= 4 is 5.69 Å². The number of allylic oxidation sites excluding steroid dienone is 1. The first-order valence-electron chi connectivity index (χ1n) is 8.78. The Morgan fingerprint density at radius 3 is 2.43 bits per heavy atom. The van der Waals surface area contributed by atoms with E-state index >= 15 is 0 Å². The number of ether oxygens (including phenoxy) is 1. The summed E-state index contributed by atoms with van der Waals surface area (Å²) in [7, 11) is 1.67. The Kier molecular flexibility index (Phi) is 9.46. The Balaban J connectivity index is 2.80. The number of aliphatic hydroxyl groups excluding tert-OH is 1. The van der Waals surface area contributed by atoms with E-state index in [1.54, 1.807) is 7.11 Å². The minimum atomic E-state index is 0.152. The minimum Gasteiger partial charge on any atom is -0.497 e. The van der Waals surface area contributed by atoms with Crippen molar-refractivity contribution in [2.45, 2.75) is 52.5 Å². The number of aliphatic hydroxyl groups is 1. The molecule has 130 valence electrons. The van der Waals surface area contributed by atoms with E-state index < -0.39 is 0 Å². The first-order chi connectivity index (χ1) is 11.1. The van der Waals surface area contributed by atoms with Gasteiger partial charge in [0.15, 0.2) is 0 Å². The molecule has 1 unspecified atom stereocenters. The van der Waals surface area contributed by atoms with Crippen molar-refractivity contribution in [3.63, 3.8) is 0 Å². The zero-order valence-electron chi connectivity index (χ0n) is 15.1. The molecule has 0 bridgehead atoms. The van der Waals surface area contributed by atoms with Gasteiger partial charge >= 0.3 is 0 Å². The molecule has 2 atom stereocenters. The lowest BCUT2D eigenvalue weighted by Gasteiger charge is -2.25. The minimum absolute atomic E-state index is 0.152. The standard InChI is InChI=1S/C20H33NO2/c1-5-6-9-17(15-22)20(10-7-8-16(2)3)21-18-11-13-19(23-4)14-12-18/h7,10-14,16-17,20-22H,5-6,8-9,15H2,1-4H3/b10-7+/t17-,20?/m1/s1. The van der Waals surface area contributed by atoms with Crippen LogP contribution in [0.15, 0.2) is 36.4 Å². The molecule has 2 N–H and O–H groups in total. The third-order valence-corrected chi connectivity index (χ3v) is 4.05. The summed E-state index contributed by atoms with van der Waals surface area (Å²) in [6.07, 6.45) is 8.85. The first kappa shape index (κ1) is 19.6. The van der Waals surface area contributed by atoms with Crippen LogP contribution in [0.5, 0.6) is 5.75 Å². The van der Waals surface area contributed by atoms with Gasteiger partial charge < -0.3 is 15.2 Å². The molecule has 1 aromatic carbocycles. The number of benzene rings is 1. The zero-order chi connectivity index (χ0) is 17.1. The van der Waals surface area contributed by atoms with Crippen LogP contribution in [0.1, 0.15) is 46.5 Å². The second-order valence-corrected chi connectivity index (χ2v) is 6.54. The van der Waals surface area contributed by atoms with Gasteiger partial charge in [-0.1, -0.05) is 45.8 Å². The summed E-state index contributed by atoms with van der Waals surface area (Å²) in [6, 6.07) is 8.11. The molecule has 0 spiro atoms. The van der Waals surface area contributed by atoms with E-state index in [9.17, 15) is 5.11 Å². The van der Waals surface area contributed by atoms with E-state index in [-0.39, 0.29) is 18.6 Å². The van der Waals surface area contributed by atoms with Gasteiger partial charge in [0.25, 0.3) is 0 Å². The molecule has 1 rings (SSSR count). The van der Waals surface area contributed by atoms with Crippen molar-refractivity contribution in [2.75, 3.05) is 19.0 Å². The summed E-state index contributed by atoms with van der Waals surface area (Å²) in [5.74, 6) is 1.74. The van der Waals surface area contributed by atoms with E-state index in [2.05, 4.69) is 38.2 Å². The van der Waals surface area contributed by atoms with E-state index in [0.717, 1.165) is 37.1 Å². The van der Waals surface area contributed by atoms with Crippen LogP contribution in [0.25, 0.3) is 0 Å². The summed E-state index contributed by atoms with van der Waals surface area (Å²) < 4.78 is 5.21. The Morgan fingerprint density at radius 1 is 1.22 bits per heavy atom. The Labute approximate surface area is 141 Å². The number of hydrogen-bond donors (Lipinski definition) is 2. The molecule has 0 saturated carbocycles. The lowest BCUT2D eigenvalue weighted by atomic mass is 9.93. The Bertz CT molecular complexity index is 439. The van der Waals surface area contributed by atoms with Gasteiger partial charge in [-0.2, -0.15) is 0 Å². The summed E-state index contributed by atoms with van der Waals surface area (Å²) in [5, 5.41) is 13.4. The molecule has 0 aliphatic rings. The van der Waals surface area contributed by atoms with E-state index in [1.165, 1.54) is 0 Å². The predicted octanol–water partition coefficient (Wildman–Crippen LogP) is 4.88. The smallest absolute Gasteiger partial charge is 0.119 e. The molecular weight excluding hydrogens is 286 g/mol. The highest BCUT2D eigenvalue weighted by Crippen LogP contribution is 2.21. The molecule has 3 heteroatoms. The summed E-state index contributed by atoms with van der Waals surface area (Å²) in [6.45, 7) is 6.84. The summed E-state index contributed by atoms with van der Waals surface area (Å²) in [4.78, 5) is 0. The van der Waals surface area contributed by atoms with Crippen LogP contribution in [0.2, 0.25) is 0 Å². The van der Waals surface area contributed by atoms with Crippen molar-refractivity contribution in [3.05, 3.63) is 36.4 Å². The maximum atomic E-state index is 9.80. The number of rotatable bonds is 11. The Morgan fingerprint density at radius 2 is 1.91 bits per heavy atom. The average Bonchev–Trinajstić information content (AvgIpc) is 2.55. The quantitative estimate of drug-likeness (QED) is 0.571. The van der Waals surface area contributed by atoms with Crippen LogP contribution in [0, 0.1) is 11.8 Å². The van der Waals surface area contributed by atoms with Crippen LogP contribution in [-0.2, 0) is 0 Å². The van der Waals surface area contributed by atoms with Gasteiger partial charge in [-0.3, -0.25) is 0 Å². The van der Waals surface area contributed by atoms with E-state index in [4.69, 9.17) is 4.74 Å². The maximum Gasteiger partial charge on any atom is 0.119 e. The third-order valence-electron chi connectivity index (χ3n) is 4.05. The average molecular weight is 319 g/mol. The highest BCUT2D eigenvalue weighted by Gasteiger charge is 2.18. The van der Waals surface area contributed by atoms with Gasteiger partial charge in [-0.05, 0) is 43.0 Å².